The molecule has 17 heavy (non-hydrogen) atoms. The molecule has 0 aliphatic heterocycles. The Labute approximate surface area is 104 Å². The molecule has 2 rings (SSSR count). The van der Waals surface area contributed by atoms with Crippen LogP contribution in [0.15, 0.2) is 4.42 Å². The lowest BCUT2D eigenvalue weighted by Gasteiger charge is -2.30. The molecule has 0 bridgehead atoms. The molecular formula is C14H24N2O. The molecule has 1 aromatic rings. The topological polar surface area (TPSA) is 52.0 Å². The summed E-state index contributed by atoms with van der Waals surface area (Å²) in [6, 6.07) is 0. The molecule has 1 aliphatic rings. The Morgan fingerprint density at radius 2 is 2.00 bits per heavy atom. The van der Waals surface area contributed by atoms with Gasteiger partial charge in [0.15, 0.2) is 0 Å². The summed E-state index contributed by atoms with van der Waals surface area (Å²) in [4.78, 5) is 4.65. The van der Waals surface area contributed by atoms with Crippen LogP contribution in [0, 0.1) is 6.92 Å². The molecule has 1 heterocycles. The van der Waals surface area contributed by atoms with E-state index in [1.165, 1.54) is 32.1 Å². The van der Waals surface area contributed by atoms with E-state index in [1.807, 2.05) is 6.92 Å². The molecule has 0 atom stereocenters. The summed E-state index contributed by atoms with van der Waals surface area (Å²) in [5.74, 6) is 2.00. The molecule has 1 saturated carbocycles. The van der Waals surface area contributed by atoms with Crippen LogP contribution < -0.4 is 5.73 Å². The van der Waals surface area contributed by atoms with Gasteiger partial charge in [-0.1, -0.05) is 26.2 Å². The van der Waals surface area contributed by atoms with Crippen LogP contribution in [0.25, 0.3) is 0 Å². The predicted molar refractivity (Wildman–Crippen MR) is 69.1 cm³/mol. The van der Waals surface area contributed by atoms with Crippen LogP contribution in [0.5, 0.6) is 0 Å². The van der Waals surface area contributed by atoms with E-state index < -0.39 is 0 Å². The molecule has 0 aromatic carbocycles. The van der Waals surface area contributed by atoms with E-state index in [-0.39, 0.29) is 5.41 Å². The number of aromatic nitrogens is 1. The van der Waals surface area contributed by atoms with Gasteiger partial charge in [0.25, 0.3) is 0 Å². The van der Waals surface area contributed by atoms with Crippen LogP contribution in [0.1, 0.15) is 62.8 Å². The van der Waals surface area contributed by atoms with Gasteiger partial charge in [0.2, 0.25) is 5.89 Å². The van der Waals surface area contributed by atoms with Crippen molar-refractivity contribution in [3.05, 3.63) is 17.3 Å². The van der Waals surface area contributed by atoms with Crippen LogP contribution >= 0.6 is 0 Å². The Morgan fingerprint density at radius 1 is 1.29 bits per heavy atom. The predicted octanol–water partition coefficient (Wildman–Crippen LogP) is 3.10. The maximum atomic E-state index is 5.99. The molecule has 1 aromatic heterocycles. The highest BCUT2D eigenvalue weighted by Gasteiger charge is 2.34. The van der Waals surface area contributed by atoms with Crippen molar-refractivity contribution in [2.45, 2.75) is 64.2 Å². The normalized spacial score (nSPS) is 19.5. The van der Waals surface area contributed by atoms with Gasteiger partial charge in [0.1, 0.15) is 5.76 Å². The van der Waals surface area contributed by atoms with Crippen molar-refractivity contribution in [2.75, 3.05) is 6.54 Å². The first-order valence-corrected chi connectivity index (χ1v) is 6.82. The third-order valence-corrected chi connectivity index (χ3v) is 3.97. The number of rotatable bonds is 4. The highest BCUT2D eigenvalue weighted by Crippen LogP contribution is 2.39. The van der Waals surface area contributed by atoms with Gasteiger partial charge in [-0.2, -0.15) is 0 Å². The average Bonchev–Trinajstić information content (AvgIpc) is 2.70. The van der Waals surface area contributed by atoms with E-state index in [4.69, 9.17) is 10.2 Å². The maximum Gasteiger partial charge on any atom is 0.200 e. The van der Waals surface area contributed by atoms with Gasteiger partial charge >= 0.3 is 0 Å². The summed E-state index contributed by atoms with van der Waals surface area (Å²) >= 11 is 0. The SMILES string of the molecule is Cc1nc(C2(C)CCCCC2)oc1CCCN. The molecule has 0 spiro atoms. The second-order valence-corrected chi connectivity index (χ2v) is 5.54. The summed E-state index contributed by atoms with van der Waals surface area (Å²) in [7, 11) is 0. The highest BCUT2D eigenvalue weighted by atomic mass is 16.4. The van der Waals surface area contributed by atoms with E-state index in [1.54, 1.807) is 0 Å². The van der Waals surface area contributed by atoms with Crippen molar-refractivity contribution in [2.24, 2.45) is 5.73 Å². The quantitative estimate of drug-likeness (QED) is 0.874. The Bertz CT molecular complexity index is 364. The van der Waals surface area contributed by atoms with Crippen LogP contribution in [0.4, 0.5) is 0 Å². The van der Waals surface area contributed by atoms with Crippen molar-refractivity contribution in [1.82, 2.24) is 4.98 Å². The van der Waals surface area contributed by atoms with E-state index in [2.05, 4.69) is 11.9 Å². The molecule has 0 radical (unpaired) electrons. The van der Waals surface area contributed by atoms with Crippen molar-refractivity contribution in [1.29, 1.82) is 0 Å². The fourth-order valence-electron chi connectivity index (χ4n) is 2.73. The summed E-state index contributed by atoms with van der Waals surface area (Å²) < 4.78 is 5.99. The van der Waals surface area contributed by atoms with Gasteiger partial charge in [-0.05, 0) is 32.7 Å². The standard InChI is InChI=1S/C14H24N2O/c1-11-12(7-6-10-15)17-13(16-11)14(2)8-4-3-5-9-14/h3-10,15H2,1-2H3. The number of hydrogen-bond acceptors (Lipinski definition) is 3. The third kappa shape index (κ3) is 2.71. The molecule has 3 nitrogen and oxygen atoms in total. The van der Waals surface area contributed by atoms with Crippen LogP contribution in [0.2, 0.25) is 0 Å². The lowest BCUT2D eigenvalue weighted by atomic mass is 9.76. The Hall–Kier alpha value is -0.830. The summed E-state index contributed by atoms with van der Waals surface area (Å²) in [6.45, 7) is 5.06. The molecule has 0 saturated heterocycles. The van der Waals surface area contributed by atoms with Gasteiger partial charge < -0.3 is 10.2 Å². The van der Waals surface area contributed by atoms with Crippen molar-refractivity contribution in [3.8, 4) is 0 Å². The molecule has 1 fully saturated rings. The minimum atomic E-state index is 0.171. The molecular weight excluding hydrogens is 212 g/mol. The van der Waals surface area contributed by atoms with Crippen molar-refractivity contribution in [3.63, 3.8) is 0 Å². The smallest absolute Gasteiger partial charge is 0.200 e. The Balaban J connectivity index is 2.15. The number of aryl methyl sites for hydroxylation is 2. The fraction of sp³-hybridized carbons (Fsp3) is 0.786. The maximum absolute atomic E-state index is 5.99. The zero-order valence-electron chi connectivity index (χ0n) is 11.1. The lowest BCUT2D eigenvalue weighted by Crippen LogP contribution is -2.25. The second kappa shape index (κ2) is 5.21. The fourth-order valence-corrected chi connectivity index (χ4v) is 2.73. The summed E-state index contributed by atoms with van der Waals surface area (Å²) in [5.41, 5.74) is 6.77. The summed E-state index contributed by atoms with van der Waals surface area (Å²) in [6.07, 6.45) is 8.28. The van der Waals surface area contributed by atoms with E-state index >= 15 is 0 Å². The zero-order valence-corrected chi connectivity index (χ0v) is 11.1. The number of nitrogens with two attached hydrogens (primary N) is 1. The van der Waals surface area contributed by atoms with Crippen LogP contribution in [0.3, 0.4) is 0 Å². The van der Waals surface area contributed by atoms with Crippen molar-refractivity contribution < 1.29 is 4.42 Å². The number of oxazole rings is 1. The lowest BCUT2D eigenvalue weighted by molar-refractivity contribution is 0.251. The average molecular weight is 236 g/mol. The Kier molecular flexibility index (Phi) is 3.87. The van der Waals surface area contributed by atoms with Gasteiger partial charge in [-0.15, -0.1) is 0 Å². The van der Waals surface area contributed by atoms with Gasteiger partial charge in [-0.3, -0.25) is 0 Å². The minimum Gasteiger partial charge on any atom is -0.445 e. The van der Waals surface area contributed by atoms with E-state index in [0.29, 0.717) is 6.54 Å². The largest absolute Gasteiger partial charge is 0.445 e. The molecule has 2 N–H and O–H groups in total. The molecule has 0 amide bonds. The van der Waals surface area contributed by atoms with Gasteiger partial charge in [0, 0.05) is 11.8 Å². The zero-order chi connectivity index (χ0) is 12.3. The summed E-state index contributed by atoms with van der Waals surface area (Å²) in [5, 5.41) is 0. The molecule has 0 unspecified atom stereocenters. The molecule has 1 aliphatic carbocycles. The highest BCUT2D eigenvalue weighted by molar-refractivity contribution is 5.14. The van der Waals surface area contributed by atoms with Gasteiger partial charge in [0.05, 0.1) is 5.69 Å². The van der Waals surface area contributed by atoms with E-state index in [0.717, 1.165) is 30.2 Å². The first-order chi connectivity index (χ1) is 8.15. The minimum absolute atomic E-state index is 0.171. The van der Waals surface area contributed by atoms with Crippen LogP contribution in [-0.4, -0.2) is 11.5 Å². The Morgan fingerprint density at radius 3 is 2.65 bits per heavy atom. The monoisotopic (exact) mass is 236 g/mol. The first-order valence-electron chi connectivity index (χ1n) is 6.82. The third-order valence-electron chi connectivity index (χ3n) is 3.97. The first kappa shape index (κ1) is 12.6. The van der Waals surface area contributed by atoms with E-state index in [9.17, 15) is 0 Å². The molecule has 3 heteroatoms. The van der Waals surface area contributed by atoms with Crippen LogP contribution in [-0.2, 0) is 11.8 Å². The number of nitrogens with zero attached hydrogens (tertiary/aromatic N) is 1. The van der Waals surface area contributed by atoms with Gasteiger partial charge in [-0.25, -0.2) is 4.98 Å². The molecule has 96 valence electrons. The number of hydrogen-bond donors (Lipinski definition) is 1. The second-order valence-electron chi connectivity index (χ2n) is 5.54. The van der Waals surface area contributed by atoms with Crippen molar-refractivity contribution >= 4 is 0 Å².